The summed E-state index contributed by atoms with van der Waals surface area (Å²) in [6, 6.07) is 7.23. The molecule has 2 aromatic rings. The van der Waals surface area contributed by atoms with Gasteiger partial charge in [-0.05, 0) is 19.1 Å². The molecule has 0 N–H and O–H groups in total. The Labute approximate surface area is 111 Å². The van der Waals surface area contributed by atoms with Gasteiger partial charge in [0, 0.05) is 18.7 Å². The summed E-state index contributed by atoms with van der Waals surface area (Å²) >= 11 is 0. The van der Waals surface area contributed by atoms with Crippen molar-refractivity contribution in [1.82, 2.24) is 9.88 Å². The van der Waals surface area contributed by atoms with Crippen LogP contribution in [0.2, 0.25) is 0 Å². The molecule has 0 aliphatic heterocycles. The van der Waals surface area contributed by atoms with Crippen LogP contribution in [0.15, 0.2) is 34.9 Å². The fraction of sp³-hybridized carbons (Fsp3) is 0.286. The average Bonchev–Trinajstić information content (AvgIpc) is 2.84. The first kappa shape index (κ1) is 13.1. The summed E-state index contributed by atoms with van der Waals surface area (Å²) < 4.78 is 10.2. The van der Waals surface area contributed by atoms with E-state index in [-0.39, 0.29) is 5.91 Å². The quantitative estimate of drug-likeness (QED) is 0.846. The van der Waals surface area contributed by atoms with E-state index in [1.54, 1.807) is 31.2 Å². The van der Waals surface area contributed by atoms with E-state index in [0.717, 1.165) is 11.3 Å². The van der Waals surface area contributed by atoms with Crippen LogP contribution in [0.5, 0.6) is 5.88 Å². The number of carbonyl (C=O) groups is 1. The summed E-state index contributed by atoms with van der Waals surface area (Å²) in [5, 5.41) is 0. The molecule has 5 heteroatoms. The van der Waals surface area contributed by atoms with Gasteiger partial charge in [-0.25, -0.2) is 4.98 Å². The first-order chi connectivity index (χ1) is 9.11. The summed E-state index contributed by atoms with van der Waals surface area (Å²) in [6.45, 7) is 2.24. The second-order valence-electron chi connectivity index (χ2n) is 4.27. The molecule has 1 amide bonds. The molecule has 0 atom stereocenters. The lowest BCUT2D eigenvalue weighted by Crippen LogP contribution is -2.26. The standard InChI is InChI=1S/C14H16N2O3/c1-10-7-8-19-13(10)14(17)16(2)9-11-5-4-6-12(15-11)18-3/h4-8H,9H2,1-3H3. The number of carbonyl (C=O) groups excluding carboxylic acids is 1. The lowest BCUT2D eigenvalue weighted by Gasteiger charge is -2.16. The topological polar surface area (TPSA) is 55.6 Å². The zero-order valence-electron chi connectivity index (χ0n) is 11.2. The predicted molar refractivity (Wildman–Crippen MR) is 70.0 cm³/mol. The van der Waals surface area contributed by atoms with E-state index in [9.17, 15) is 4.79 Å². The van der Waals surface area contributed by atoms with Gasteiger partial charge in [-0.3, -0.25) is 4.79 Å². The number of rotatable bonds is 4. The highest BCUT2D eigenvalue weighted by atomic mass is 16.5. The van der Waals surface area contributed by atoms with E-state index >= 15 is 0 Å². The van der Waals surface area contributed by atoms with Gasteiger partial charge in [-0.2, -0.15) is 0 Å². The Kier molecular flexibility index (Phi) is 3.85. The van der Waals surface area contributed by atoms with Gasteiger partial charge in [-0.1, -0.05) is 6.07 Å². The fourth-order valence-electron chi connectivity index (χ4n) is 1.74. The first-order valence-corrected chi connectivity index (χ1v) is 5.91. The number of pyridine rings is 1. The van der Waals surface area contributed by atoms with Crippen LogP contribution >= 0.6 is 0 Å². The molecule has 0 aromatic carbocycles. The van der Waals surface area contributed by atoms with Crippen LogP contribution in [0.25, 0.3) is 0 Å². The Morgan fingerprint density at radius 1 is 1.42 bits per heavy atom. The van der Waals surface area contributed by atoms with Gasteiger partial charge in [-0.15, -0.1) is 0 Å². The first-order valence-electron chi connectivity index (χ1n) is 5.91. The second-order valence-corrected chi connectivity index (χ2v) is 4.27. The molecule has 5 nitrogen and oxygen atoms in total. The normalized spacial score (nSPS) is 10.3. The molecule has 0 spiro atoms. The average molecular weight is 260 g/mol. The highest BCUT2D eigenvalue weighted by molar-refractivity contribution is 5.92. The summed E-state index contributed by atoms with van der Waals surface area (Å²) in [5.74, 6) is 0.741. The Hall–Kier alpha value is -2.30. The third kappa shape index (κ3) is 2.93. The molecule has 2 heterocycles. The SMILES string of the molecule is COc1cccc(CN(C)C(=O)c2occc2C)n1. The van der Waals surface area contributed by atoms with Crippen LogP contribution in [0, 0.1) is 6.92 Å². The lowest BCUT2D eigenvalue weighted by atomic mass is 10.2. The fourth-order valence-corrected chi connectivity index (χ4v) is 1.74. The van der Waals surface area contributed by atoms with Crippen molar-refractivity contribution >= 4 is 5.91 Å². The van der Waals surface area contributed by atoms with E-state index in [1.807, 2.05) is 19.1 Å². The molecule has 0 radical (unpaired) electrons. The minimum Gasteiger partial charge on any atom is -0.481 e. The number of aryl methyl sites for hydroxylation is 1. The van der Waals surface area contributed by atoms with Crippen molar-refractivity contribution in [2.75, 3.05) is 14.2 Å². The van der Waals surface area contributed by atoms with Crippen molar-refractivity contribution in [2.45, 2.75) is 13.5 Å². The van der Waals surface area contributed by atoms with Gasteiger partial charge in [0.25, 0.3) is 5.91 Å². The summed E-state index contributed by atoms with van der Waals surface area (Å²) in [5.41, 5.74) is 1.59. The highest BCUT2D eigenvalue weighted by Gasteiger charge is 2.17. The molecule has 0 saturated carbocycles. The number of hydrogen-bond donors (Lipinski definition) is 0. The highest BCUT2D eigenvalue weighted by Crippen LogP contribution is 2.14. The number of aromatic nitrogens is 1. The van der Waals surface area contributed by atoms with Gasteiger partial charge in [0.1, 0.15) is 0 Å². The maximum absolute atomic E-state index is 12.2. The van der Waals surface area contributed by atoms with Crippen LogP contribution in [-0.4, -0.2) is 29.9 Å². The van der Waals surface area contributed by atoms with Gasteiger partial charge in [0.15, 0.2) is 5.76 Å². The van der Waals surface area contributed by atoms with E-state index in [4.69, 9.17) is 9.15 Å². The van der Waals surface area contributed by atoms with Crippen molar-refractivity contribution in [1.29, 1.82) is 0 Å². The van der Waals surface area contributed by atoms with Crippen LogP contribution in [0.4, 0.5) is 0 Å². The molecule has 0 fully saturated rings. The molecule has 2 aromatic heterocycles. The summed E-state index contributed by atoms with van der Waals surface area (Å²) in [4.78, 5) is 18.0. The summed E-state index contributed by atoms with van der Waals surface area (Å²) in [6.07, 6.45) is 1.51. The van der Waals surface area contributed by atoms with Crippen LogP contribution in [0.1, 0.15) is 21.8 Å². The van der Waals surface area contributed by atoms with Crippen LogP contribution in [-0.2, 0) is 6.54 Å². The Balaban J connectivity index is 2.10. The number of methoxy groups -OCH3 is 1. The number of ether oxygens (including phenoxy) is 1. The Morgan fingerprint density at radius 2 is 2.21 bits per heavy atom. The van der Waals surface area contributed by atoms with Crippen molar-refractivity contribution in [3.8, 4) is 5.88 Å². The van der Waals surface area contributed by atoms with Crippen LogP contribution in [0.3, 0.4) is 0 Å². The Morgan fingerprint density at radius 3 is 2.84 bits per heavy atom. The Bertz CT molecular complexity index is 578. The van der Waals surface area contributed by atoms with Crippen molar-refractivity contribution in [3.63, 3.8) is 0 Å². The molecule has 19 heavy (non-hydrogen) atoms. The van der Waals surface area contributed by atoms with E-state index in [2.05, 4.69) is 4.98 Å². The van der Waals surface area contributed by atoms with Crippen molar-refractivity contribution in [3.05, 3.63) is 47.5 Å². The number of hydrogen-bond acceptors (Lipinski definition) is 4. The van der Waals surface area contributed by atoms with Gasteiger partial charge >= 0.3 is 0 Å². The number of amides is 1. The van der Waals surface area contributed by atoms with Gasteiger partial charge < -0.3 is 14.1 Å². The zero-order chi connectivity index (χ0) is 13.8. The molecule has 0 aliphatic carbocycles. The predicted octanol–water partition coefficient (Wildman–Crippen LogP) is 2.26. The number of furan rings is 1. The zero-order valence-corrected chi connectivity index (χ0v) is 11.2. The molecule has 2 rings (SSSR count). The smallest absolute Gasteiger partial charge is 0.289 e. The molecular formula is C14H16N2O3. The largest absolute Gasteiger partial charge is 0.481 e. The minimum absolute atomic E-state index is 0.160. The maximum atomic E-state index is 12.2. The minimum atomic E-state index is -0.160. The maximum Gasteiger partial charge on any atom is 0.289 e. The second kappa shape index (κ2) is 5.56. The number of nitrogens with zero attached hydrogens (tertiary/aromatic N) is 2. The molecule has 0 aliphatic rings. The molecule has 100 valence electrons. The third-order valence-corrected chi connectivity index (χ3v) is 2.79. The lowest BCUT2D eigenvalue weighted by molar-refractivity contribution is 0.0750. The van der Waals surface area contributed by atoms with E-state index in [0.29, 0.717) is 18.2 Å². The van der Waals surface area contributed by atoms with Gasteiger partial charge in [0.05, 0.1) is 25.6 Å². The van der Waals surface area contributed by atoms with Gasteiger partial charge in [0.2, 0.25) is 5.88 Å². The monoisotopic (exact) mass is 260 g/mol. The third-order valence-electron chi connectivity index (χ3n) is 2.79. The van der Waals surface area contributed by atoms with Crippen molar-refractivity contribution < 1.29 is 13.9 Å². The molecular weight excluding hydrogens is 244 g/mol. The van der Waals surface area contributed by atoms with Crippen molar-refractivity contribution in [2.24, 2.45) is 0 Å². The summed E-state index contributed by atoms with van der Waals surface area (Å²) in [7, 11) is 3.28. The molecule has 0 bridgehead atoms. The molecule has 0 unspecified atom stereocenters. The molecule has 0 saturated heterocycles. The van der Waals surface area contributed by atoms with E-state index in [1.165, 1.54) is 6.26 Å². The van der Waals surface area contributed by atoms with Crippen LogP contribution < -0.4 is 4.74 Å². The van der Waals surface area contributed by atoms with E-state index < -0.39 is 0 Å².